The molecule has 3 aromatic carbocycles. The summed E-state index contributed by atoms with van der Waals surface area (Å²) in [7, 11) is -2.82. The van der Waals surface area contributed by atoms with Gasteiger partial charge in [0.25, 0.3) is 5.78 Å². The zero-order chi connectivity index (χ0) is 28.2. The number of nitrogens with zero attached hydrogens (tertiary/aromatic N) is 1. The second-order valence-electron chi connectivity index (χ2n) is 9.16. The van der Waals surface area contributed by atoms with E-state index >= 15 is 0 Å². The van der Waals surface area contributed by atoms with Crippen LogP contribution in [0.25, 0.3) is 0 Å². The summed E-state index contributed by atoms with van der Waals surface area (Å²) in [4.78, 5) is 50.5. The number of carbonyl (C=O) groups is 3. The molecule has 3 atom stereocenters. The number of nitrogens with one attached hydrogen (secondary N) is 1. The minimum absolute atomic E-state index is 0.0833. The Bertz CT molecular complexity index is 1180. The van der Waals surface area contributed by atoms with Crippen LogP contribution >= 0.6 is 8.03 Å². The van der Waals surface area contributed by atoms with Crippen molar-refractivity contribution in [2.75, 3.05) is 0 Å². The van der Waals surface area contributed by atoms with Gasteiger partial charge in [-0.1, -0.05) is 105 Å². The fourth-order valence-electron chi connectivity index (χ4n) is 3.87. The van der Waals surface area contributed by atoms with E-state index in [1.807, 2.05) is 18.2 Å². The Morgan fingerprint density at radius 3 is 1.56 bits per heavy atom. The van der Waals surface area contributed by atoms with Crippen molar-refractivity contribution in [2.24, 2.45) is 5.92 Å². The lowest BCUT2D eigenvalue weighted by Gasteiger charge is -2.30. The number of rotatable bonds is 11. The summed E-state index contributed by atoms with van der Waals surface area (Å²) in [6.07, 6.45) is -2.06. The van der Waals surface area contributed by atoms with Gasteiger partial charge < -0.3 is 14.8 Å². The third-order valence-electron chi connectivity index (χ3n) is 5.83. The lowest BCUT2D eigenvalue weighted by atomic mass is 10.0. The number of hydrogen-bond donors (Lipinski definition) is 2. The van der Waals surface area contributed by atoms with Crippen molar-refractivity contribution >= 4 is 26.1 Å². The van der Waals surface area contributed by atoms with Gasteiger partial charge in [-0.05, 0) is 27.2 Å². The Kier molecular flexibility index (Phi) is 11.2. The molecule has 0 bridgehead atoms. The molecule has 0 spiro atoms. The predicted molar refractivity (Wildman–Crippen MR) is 146 cm³/mol. The van der Waals surface area contributed by atoms with E-state index in [0.29, 0.717) is 16.0 Å². The second kappa shape index (κ2) is 14.8. The van der Waals surface area contributed by atoms with Crippen LogP contribution in [0, 0.1) is 5.92 Å². The Hall–Kier alpha value is -4.07. The summed E-state index contributed by atoms with van der Waals surface area (Å²) in [5.74, 6) is -2.50. The van der Waals surface area contributed by atoms with E-state index in [-0.39, 0.29) is 19.6 Å². The topological polar surface area (TPSA) is 122 Å². The van der Waals surface area contributed by atoms with Gasteiger partial charge in [-0.2, -0.15) is 9.79 Å². The van der Waals surface area contributed by atoms with Gasteiger partial charge in [-0.15, -0.1) is 0 Å². The lowest BCUT2D eigenvalue weighted by Crippen LogP contribution is -2.56. The summed E-state index contributed by atoms with van der Waals surface area (Å²) in [5.41, 5.74) is 2.12. The summed E-state index contributed by atoms with van der Waals surface area (Å²) < 4.78 is 22.9. The first-order chi connectivity index (χ1) is 18.8. The summed E-state index contributed by atoms with van der Waals surface area (Å²) in [6, 6.07) is 25.3. The number of carbonyl (C=O) groups excluding carboxylic acids is 3. The van der Waals surface area contributed by atoms with Crippen LogP contribution in [-0.4, -0.2) is 39.7 Å². The van der Waals surface area contributed by atoms with Gasteiger partial charge in [0.05, 0.1) is 0 Å². The molecule has 0 fully saturated rings. The van der Waals surface area contributed by atoms with Crippen molar-refractivity contribution in [1.29, 1.82) is 0 Å². The number of amides is 3. The standard InChI is InChI=1S/C29H31N2O7P/c1-21(2)26(27(32)30-25(39(35)36)18-22-12-6-3-7-13-22)31(28(33)37-19-23-14-8-4-9-15-23)29(34)38-20-24-16-10-5-11-17-24/h3-17,21,25-26H,18-20H2,1-2H3,(H-,30,32,35,36)/p+1/t25?,26-/m0/s1. The van der Waals surface area contributed by atoms with E-state index in [1.165, 1.54) is 0 Å². The van der Waals surface area contributed by atoms with Crippen molar-refractivity contribution in [2.45, 2.75) is 45.3 Å². The van der Waals surface area contributed by atoms with E-state index in [9.17, 15) is 23.8 Å². The van der Waals surface area contributed by atoms with Crippen LogP contribution in [0.3, 0.4) is 0 Å². The van der Waals surface area contributed by atoms with Crippen molar-refractivity contribution < 1.29 is 33.3 Å². The van der Waals surface area contributed by atoms with E-state index in [0.717, 1.165) is 5.56 Å². The molecule has 0 aliphatic heterocycles. The van der Waals surface area contributed by atoms with E-state index in [1.54, 1.807) is 86.6 Å². The molecule has 2 unspecified atom stereocenters. The molecule has 0 saturated heterocycles. The van der Waals surface area contributed by atoms with Crippen molar-refractivity contribution in [1.82, 2.24) is 10.2 Å². The molecule has 0 radical (unpaired) electrons. The number of imide groups is 1. The predicted octanol–water partition coefficient (Wildman–Crippen LogP) is 5.41. The minimum Gasteiger partial charge on any atom is -0.444 e. The molecular formula is C29H32N2O7P+. The van der Waals surface area contributed by atoms with E-state index in [4.69, 9.17) is 9.47 Å². The third kappa shape index (κ3) is 9.02. The average molecular weight is 552 g/mol. The molecule has 9 nitrogen and oxygen atoms in total. The van der Waals surface area contributed by atoms with Crippen LogP contribution in [0.1, 0.15) is 30.5 Å². The van der Waals surface area contributed by atoms with E-state index < -0.39 is 43.9 Å². The first-order valence-electron chi connectivity index (χ1n) is 12.5. The third-order valence-corrected chi connectivity index (χ3v) is 6.67. The molecule has 3 amide bonds. The summed E-state index contributed by atoms with van der Waals surface area (Å²) >= 11 is 0. The molecule has 0 aliphatic rings. The zero-order valence-electron chi connectivity index (χ0n) is 21.8. The molecule has 0 aromatic heterocycles. The molecule has 2 N–H and O–H groups in total. The highest BCUT2D eigenvalue weighted by Gasteiger charge is 2.42. The molecule has 0 aliphatic carbocycles. The highest BCUT2D eigenvalue weighted by atomic mass is 31.1. The van der Waals surface area contributed by atoms with Crippen molar-refractivity contribution in [3.8, 4) is 0 Å². The largest absolute Gasteiger partial charge is 0.531 e. The summed E-state index contributed by atoms with van der Waals surface area (Å²) in [6.45, 7) is 3.04. The van der Waals surface area contributed by atoms with Gasteiger partial charge in [-0.25, -0.2) is 9.59 Å². The number of ether oxygens (including phenoxy) is 2. The maximum Gasteiger partial charge on any atom is 0.531 e. The zero-order valence-corrected chi connectivity index (χ0v) is 22.7. The molecule has 0 saturated carbocycles. The summed E-state index contributed by atoms with van der Waals surface area (Å²) in [5, 5.41) is 2.55. The lowest BCUT2D eigenvalue weighted by molar-refractivity contribution is -0.127. The van der Waals surface area contributed by atoms with Crippen LogP contribution in [0.15, 0.2) is 91.0 Å². The SMILES string of the molecule is CC(C)[C@@H](C(=O)NC(Cc1ccccc1)[P+](=O)O)N(C(=O)OCc1ccccc1)C(=O)OCc1ccccc1. The van der Waals surface area contributed by atoms with Crippen molar-refractivity contribution in [3.05, 3.63) is 108 Å². The molecule has 3 rings (SSSR count). The Morgan fingerprint density at radius 1 is 0.769 bits per heavy atom. The number of benzene rings is 3. The van der Waals surface area contributed by atoms with Gasteiger partial charge in [0, 0.05) is 6.42 Å². The van der Waals surface area contributed by atoms with Gasteiger partial charge in [-0.3, -0.25) is 4.79 Å². The first kappa shape index (κ1) is 29.5. The minimum atomic E-state index is -2.82. The number of hydrogen-bond acceptors (Lipinski definition) is 6. The molecule has 3 aromatic rings. The van der Waals surface area contributed by atoms with Gasteiger partial charge in [0.1, 0.15) is 19.3 Å². The van der Waals surface area contributed by atoms with Crippen LogP contribution < -0.4 is 5.32 Å². The molecule has 39 heavy (non-hydrogen) atoms. The maximum atomic E-state index is 13.5. The fourth-order valence-corrected chi connectivity index (χ4v) is 4.47. The molecule has 204 valence electrons. The molecule has 0 heterocycles. The monoisotopic (exact) mass is 551 g/mol. The molecular weight excluding hydrogens is 519 g/mol. The maximum absolute atomic E-state index is 13.5. The average Bonchev–Trinajstić information content (AvgIpc) is 2.94. The highest BCUT2D eigenvalue weighted by Crippen LogP contribution is 2.25. The van der Waals surface area contributed by atoms with Gasteiger partial charge in [0.15, 0.2) is 0 Å². The van der Waals surface area contributed by atoms with Gasteiger partial charge >= 0.3 is 20.2 Å². The van der Waals surface area contributed by atoms with Crippen LogP contribution in [0.2, 0.25) is 0 Å². The van der Waals surface area contributed by atoms with Crippen LogP contribution in [0.5, 0.6) is 0 Å². The fraction of sp³-hybridized carbons (Fsp3) is 0.276. The van der Waals surface area contributed by atoms with Crippen LogP contribution in [0.4, 0.5) is 9.59 Å². The van der Waals surface area contributed by atoms with E-state index in [2.05, 4.69) is 5.32 Å². The Morgan fingerprint density at radius 2 is 1.18 bits per heavy atom. The second-order valence-corrected chi connectivity index (χ2v) is 10.4. The Balaban J connectivity index is 1.83. The smallest absolute Gasteiger partial charge is 0.444 e. The highest BCUT2D eigenvalue weighted by molar-refractivity contribution is 7.38. The quantitative estimate of drug-likeness (QED) is 0.306. The van der Waals surface area contributed by atoms with Gasteiger partial charge in [0.2, 0.25) is 5.91 Å². The normalized spacial score (nSPS) is 12.7. The van der Waals surface area contributed by atoms with Crippen molar-refractivity contribution in [3.63, 3.8) is 0 Å². The van der Waals surface area contributed by atoms with Crippen LogP contribution in [-0.2, 0) is 38.5 Å². The molecule has 10 heteroatoms. The first-order valence-corrected chi connectivity index (χ1v) is 13.7. The Labute approximate surface area is 228 Å².